The second kappa shape index (κ2) is 7.32. The topological polar surface area (TPSA) is 46.9 Å². The molecule has 0 bridgehead atoms. The number of hydrogen-bond acceptors (Lipinski definition) is 3. The zero-order valence-electron chi connectivity index (χ0n) is 13.5. The standard InChI is InChI=1S/C18H18BrN3OS/c1-3-16(17-5-4-10-24-17)21-18(23)15-11-20-22(12(15)2)14-8-6-13(19)7-9-14/h4-11,16H,3H2,1-2H3,(H,21,23). The monoisotopic (exact) mass is 403 g/mol. The Morgan fingerprint density at radius 3 is 2.71 bits per heavy atom. The van der Waals surface area contributed by atoms with Gasteiger partial charge in [0.2, 0.25) is 0 Å². The van der Waals surface area contributed by atoms with Gasteiger partial charge in [-0.2, -0.15) is 5.10 Å². The lowest BCUT2D eigenvalue weighted by atomic mass is 10.1. The lowest BCUT2D eigenvalue weighted by Gasteiger charge is -2.15. The van der Waals surface area contributed by atoms with Crippen molar-refractivity contribution in [3.05, 3.63) is 68.6 Å². The predicted molar refractivity (Wildman–Crippen MR) is 101 cm³/mol. The third kappa shape index (κ3) is 3.44. The summed E-state index contributed by atoms with van der Waals surface area (Å²) in [6, 6.07) is 11.9. The van der Waals surface area contributed by atoms with Gasteiger partial charge in [0.05, 0.1) is 29.2 Å². The summed E-state index contributed by atoms with van der Waals surface area (Å²) in [6.45, 7) is 3.98. The Morgan fingerprint density at radius 1 is 1.33 bits per heavy atom. The van der Waals surface area contributed by atoms with Gasteiger partial charge in [0, 0.05) is 9.35 Å². The van der Waals surface area contributed by atoms with Crippen LogP contribution in [0.1, 0.15) is 40.3 Å². The molecular formula is C18H18BrN3OS. The zero-order valence-corrected chi connectivity index (χ0v) is 15.9. The maximum absolute atomic E-state index is 12.7. The fourth-order valence-corrected chi connectivity index (χ4v) is 3.70. The minimum atomic E-state index is -0.0869. The van der Waals surface area contributed by atoms with E-state index in [4.69, 9.17) is 0 Å². The number of thiophene rings is 1. The molecule has 3 rings (SSSR count). The normalized spacial score (nSPS) is 12.1. The van der Waals surface area contributed by atoms with Gasteiger partial charge in [0.25, 0.3) is 5.91 Å². The van der Waals surface area contributed by atoms with Crippen molar-refractivity contribution < 1.29 is 4.79 Å². The molecule has 2 heterocycles. The molecule has 3 aromatic rings. The summed E-state index contributed by atoms with van der Waals surface area (Å²) in [6.07, 6.45) is 2.49. The van der Waals surface area contributed by atoms with Crippen molar-refractivity contribution in [1.82, 2.24) is 15.1 Å². The van der Waals surface area contributed by atoms with Gasteiger partial charge in [0.15, 0.2) is 0 Å². The van der Waals surface area contributed by atoms with Crippen LogP contribution in [-0.2, 0) is 0 Å². The van der Waals surface area contributed by atoms with Crippen LogP contribution in [0, 0.1) is 6.92 Å². The molecule has 0 aliphatic heterocycles. The summed E-state index contributed by atoms with van der Waals surface area (Å²) in [5.74, 6) is -0.0869. The second-order valence-electron chi connectivity index (χ2n) is 5.48. The summed E-state index contributed by atoms with van der Waals surface area (Å²) >= 11 is 5.09. The number of amides is 1. The van der Waals surface area contributed by atoms with Crippen LogP contribution in [0.4, 0.5) is 0 Å². The molecule has 1 amide bonds. The first-order valence-corrected chi connectivity index (χ1v) is 9.42. The van der Waals surface area contributed by atoms with Crippen LogP contribution in [-0.4, -0.2) is 15.7 Å². The Bertz CT molecular complexity index is 825. The van der Waals surface area contributed by atoms with E-state index >= 15 is 0 Å². The SMILES string of the molecule is CCC(NC(=O)c1cnn(-c2ccc(Br)cc2)c1C)c1cccs1. The van der Waals surface area contributed by atoms with Crippen LogP contribution in [0.25, 0.3) is 5.69 Å². The van der Waals surface area contributed by atoms with Crippen LogP contribution in [0.5, 0.6) is 0 Å². The minimum absolute atomic E-state index is 0.0351. The zero-order chi connectivity index (χ0) is 17.1. The highest BCUT2D eigenvalue weighted by Crippen LogP contribution is 2.23. The molecular weight excluding hydrogens is 386 g/mol. The molecule has 6 heteroatoms. The van der Waals surface area contributed by atoms with E-state index < -0.39 is 0 Å². The van der Waals surface area contributed by atoms with Crippen LogP contribution < -0.4 is 5.32 Å². The summed E-state index contributed by atoms with van der Waals surface area (Å²) in [4.78, 5) is 13.8. The number of rotatable bonds is 5. The summed E-state index contributed by atoms with van der Waals surface area (Å²) in [7, 11) is 0. The van der Waals surface area contributed by atoms with Crippen molar-refractivity contribution in [1.29, 1.82) is 0 Å². The predicted octanol–water partition coefficient (Wildman–Crippen LogP) is 4.89. The molecule has 0 fully saturated rings. The van der Waals surface area contributed by atoms with Gasteiger partial charge in [-0.15, -0.1) is 11.3 Å². The van der Waals surface area contributed by atoms with Crippen molar-refractivity contribution in [3.63, 3.8) is 0 Å². The van der Waals surface area contributed by atoms with Gasteiger partial charge >= 0.3 is 0 Å². The summed E-state index contributed by atoms with van der Waals surface area (Å²) in [5.41, 5.74) is 2.36. The van der Waals surface area contributed by atoms with E-state index in [1.807, 2.05) is 42.6 Å². The van der Waals surface area contributed by atoms with E-state index in [1.54, 1.807) is 22.2 Å². The van der Waals surface area contributed by atoms with Crippen molar-refractivity contribution in [2.24, 2.45) is 0 Å². The molecule has 4 nitrogen and oxygen atoms in total. The lowest BCUT2D eigenvalue weighted by Crippen LogP contribution is -2.28. The number of halogens is 1. The Kier molecular flexibility index (Phi) is 5.16. The first kappa shape index (κ1) is 16.9. The largest absolute Gasteiger partial charge is 0.344 e. The lowest BCUT2D eigenvalue weighted by molar-refractivity contribution is 0.0935. The Hall–Kier alpha value is -1.92. The summed E-state index contributed by atoms with van der Waals surface area (Å²) in [5, 5.41) is 9.52. The van der Waals surface area contributed by atoms with Crippen LogP contribution in [0.2, 0.25) is 0 Å². The van der Waals surface area contributed by atoms with Crippen molar-refractivity contribution in [2.45, 2.75) is 26.3 Å². The van der Waals surface area contributed by atoms with Crippen molar-refractivity contribution >= 4 is 33.2 Å². The molecule has 24 heavy (non-hydrogen) atoms. The maximum atomic E-state index is 12.7. The molecule has 0 spiro atoms. The van der Waals surface area contributed by atoms with Gasteiger partial charge in [-0.25, -0.2) is 4.68 Å². The van der Waals surface area contributed by atoms with E-state index in [0.717, 1.165) is 22.3 Å². The first-order chi connectivity index (χ1) is 11.6. The van der Waals surface area contributed by atoms with Gasteiger partial charge in [-0.05, 0) is 49.1 Å². The minimum Gasteiger partial charge on any atom is -0.344 e. The Morgan fingerprint density at radius 2 is 2.08 bits per heavy atom. The maximum Gasteiger partial charge on any atom is 0.255 e. The molecule has 2 aromatic heterocycles. The van der Waals surface area contributed by atoms with E-state index in [-0.39, 0.29) is 11.9 Å². The van der Waals surface area contributed by atoms with Gasteiger partial charge in [-0.1, -0.05) is 28.9 Å². The van der Waals surface area contributed by atoms with Crippen molar-refractivity contribution in [2.75, 3.05) is 0 Å². The number of benzene rings is 1. The summed E-state index contributed by atoms with van der Waals surface area (Å²) < 4.78 is 2.80. The van der Waals surface area contributed by atoms with Gasteiger partial charge in [0.1, 0.15) is 0 Å². The van der Waals surface area contributed by atoms with Crippen molar-refractivity contribution in [3.8, 4) is 5.69 Å². The van der Waals surface area contributed by atoms with Crippen LogP contribution in [0.3, 0.4) is 0 Å². The molecule has 0 aliphatic rings. The highest BCUT2D eigenvalue weighted by Gasteiger charge is 2.19. The van der Waals surface area contributed by atoms with Gasteiger partial charge < -0.3 is 5.32 Å². The molecule has 1 unspecified atom stereocenters. The first-order valence-electron chi connectivity index (χ1n) is 7.75. The molecule has 1 atom stereocenters. The average Bonchev–Trinajstić information content (AvgIpc) is 3.23. The molecule has 124 valence electrons. The molecule has 0 radical (unpaired) electrons. The highest BCUT2D eigenvalue weighted by molar-refractivity contribution is 9.10. The van der Waals surface area contributed by atoms with Crippen LogP contribution >= 0.6 is 27.3 Å². The number of nitrogens with one attached hydrogen (secondary N) is 1. The van der Waals surface area contributed by atoms with E-state index in [0.29, 0.717) is 5.56 Å². The molecule has 1 N–H and O–H groups in total. The molecule has 1 aromatic carbocycles. The van der Waals surface area contributed by atoms with E-state index in [9.17, 15) is 4.79 Å². The average molecular weight is 404 g/mol. The number of aromatic nitrogens is 2. The number of carbonyl (C=O) groups is 1. The van der Waals surface area contributed by atoms with Crippen LogP contribution in [0.15, 0.2) is 52.4 Å². The third-order valence-corrected chi connectivity index (χ3v) is 5.44. The highest BCUT2D eigenvalue weighted by atomic mass is 79.9. The Labute approximate surface area is 153 Å². The van der Waals surface area contributed by atoms with Gasteiger partial charge in [-0.3, -0.25) is 4.79 Å². The quantitative estimate of drug-likeness (QED) is 0.659. The fourth-order valence-electron chi connectivity index (χ4n) is 2.58. The number of carbonyl (C=O) groups excluding carboxylic acids is 1. The molecule has 0 saturated carbocycles. The smallest absolute Gasteiger partial charge is 0.255 e. The fraction of sp³-hybridized carbons (Fsp3) is 0.222. The molecule has 0 saturated heterocycles. The molecule has 0 aliphatic carbocycles. The number of hydrogen-bond donors (Lipinski definition) is 1. The second-order valence-corrected chi connectivity index (χ2v) is 7.38. The third-order valence-electron chi connectivity index (χ3n) is 3.93. The Balaban J connectivity index is 1.82. The van der Waals surface area contributed by atoms with E-state index in [1.165, 1.54) is 4.88 Å². The van der Waals surface area contributed by atoms with E-state index in [2.05, 4.69) is 39.3 Å². The number of nitrogens with zero attached hydrogens (tertiary/aromatic N) is 2.